The van der Waals surface area contributed by atoms with Gasteiger partial charge in [-0.2, -0.15) is 0 Å². The minimum absolute atomic E-state index is 0.121. The number of fused-ring (bicyclic) bond motifs is 1. The molecule has 0 radical (unpaired) electrons. The van der Waals surface area contributed by atoms with Crippen molar-refractivity contribution in [2.75, 3.05) is 19.8 Å². The quantitative estimate of drug-likeness (QED) is 0.645. The Morgan fingerprint density at radius 3 is 2.65 bits per heavy atom. The number of carbonyl (C=O) groups excluding carboxylic acids is 4. The molecule has 176 valence electrons. The predicted molar refractivity (Wildman–Crippen MR) is 119 cm³/mol. The van der Waals surface area contributed by atoms with Crippen molar-refractivity contribution in [1.29, 1.82) is 0 Å². The molecular formula is C25H25N3O6. The molecule has 0 aliphatic carbocycles. The van der Waals surface area contributed by atoms with Crippen LogP contribution in [0.3, 0.4) is 0 Å². The maximum Gasteiger partial charge on any atom is 0.255 e. The Morgan fingerprint density at radius 1 is 1.09 bits per heavy atom. The first kappa shape index (κ1) is 18.7. The van der Waals surface area contributed by atoms with E-state index in [1.54, 1.807) is 30.3 Å². The SMILES string of the molecule is [2H]C(Oc1cccc2c1CN(C1CCC(=O)NC1=O)C2=O)c1ccc(C([2H])([2H])N2CCOCC2=O)cc1. The van der Waals surface area contributed by atoms with Gasteiger partial charge in [-0.05, 0) is 29.7 Å². The first-order valence-electron chi connectivity index (χ1n) is 12.6. The molecule has 9 heteroatoms. The number of imide groups is 1. The van der Waals surface area contributed by atoms with E-state index in [0.717, 1.165) is 4.90 Å². The molecular weight excluding hydrogens is 438 g/mol. The van der Waals surface area contributed by atoms with Gasteiger partial charge in [0.25, 0.3) is 5.91 Å². The normalized spacial score (nSPS) is 23.1. The van der Waals surface area contributed by atoms with Gasteiger partial charge in [0, 0.05) is 30.6 Å². The Labute approximate surface area is 200 Å². The van der Waals surface area contributed by atoms with E-state index in [2.05, 4.69) is 5.32 Å². The monoisotopic (exact) mass is 466 g/mol. The molecule has 3 aliphatic rings. The predicted octanol–water partition coefficient (Wildman–Crippen LogP) is 1.39. The summed E-state index contributed by atoms with van der Waals surface area (Å²) in [6.45, 7) is -2.84. The highest BCUT2D eigenvalue weighted by molar-refractivity contribution is 6.05. The number of hydrogen-bond donors (Lipinski definition) is 1. The summed E-state index contributed by atoms with van der Waals surface area (Å²) >= 11 is 0. The van der Waals surface area contributed by atoms with Gasteiger partial charge in [-0.15, -0.1) is 0 Å². The van der Waals surface area contributed by atoms with Crippen LogP contribution in [0.25, 0.3) is 0 Å². The number of benzene rings is 2. The van der Waals surface area contributed by atoms with E-state index in [9.17, 15) is 19.2 Å². The lowest BCUT2D eigenvalue weighted by Gasteiger charge is -2.29. The largest absolute Gasteiger partial charge is 0.489 e. The van der Waals surface area contributed by atoms with Gasteiger partial charge in [-0.25, -0.2) is 0 Å². The maximum atomic E-state index is 13.0. The zero-order valence-electron chi connectivity index (χ0n) is 21.3. The molecule has 0 saturated carbocycles. The molecule has 3 aliphatic heterocycles. The average molecular weight is 467 g/mol. The number of rotatable bonds is 6. The van der Waals surface area contributed by atoms with Crippen molar-refractivity contribution in [1.82, 2.24) is 15.1 Å². The highest BCUT2D eigenvalue weighted by Crippen LogP contribution is 2.34. The fourth-order valence-corrected chi connectivity index (χ4v) is 4.23. The number of nitrogens with zero attached hydrogens (tertiary/aromatic N) is 2. The van der Waals surface area contributed by atoms with Crippen LogP contribution < -0.4 is 10.1 Å². The molecule has 3 heterocycles. The van der Waals surface area contributed by atoms with Crippen molar-refractivity contribution in [2.45, 2.75) is 38.5 Å². The van der Waals surface area contributed by atoms with Crippen molar-refractivity contribution in [3.8, 4) is 5.75 Å². The number of morpholine rings is 1. The van der Waals surface area contributed by atoms with Crippen LogP contribution in [-0.2, 0) is 38.7 Å². The van der Waals surface area contributed by atoms with Crippen LogP contribution in [0.15, 0.2) is 42.5 Å². The van der Waals surface area contributed by atoms with Crippen molar-refractivity contribution >= 4 is 23.6 Å². The molecule has 9 nitrogen and oxygen atoms in total. The summed E-state index contributed by atoms with van der Waals surface area (Å²) in [6.07, 6.45) is 0.403. The van der Waals surface area contributed by atoms with Crippen LogP contribution in [-0.4, -0.2) is 59.2 Å². The molecule has 0 spiro atoms. The Balaban J connectivity index is 1.31. The van der Waals surface area contributed by atoms with E-state index >= 15 is 0 Å². The Hall–Kier alpha value is -3.72. The molecule has 0 bridgehead atoms. The topological polar surface area (TPSA) is 105 Å². The highest BCUT2D eigenvalue weighted by Gasteiger charge is 2.40. The number of ether oxygens (including phenoxy) is 2. The van der Waals surface area contributed by atoms with Crippen molar-refractivity contribution < 1.29 is 32.8 Å². The third-order valence-electron chi connectivity index (χ3n) is 6.02. The van der Waals surface area contributed by atoms with Crippen LogP contribution in [0.2, 0.25) is 0 Å². The number of carbonyl (C=O) groups is 4. The molecule has 1 N–H and O–H groups in total. The molecule has 4 amide bonds. The van der Waals surface area contributed by atoms with Gasteiger partial charge in [0.1, 0.15) is 25.0 Å². The molecule has 2 atom stereocenters. The van der Waals surface area contributed by atoms with E-state index in [-0.39, 0.29) is 56.5 Å². The maximum absolute atomic E-state index is 13.0. The van der Waals surface area contributed by atoms with E-state index in [1.165, 1.54) is 17.0 Å². The van der Waals surface area contributed by atoms with Gasteiger partial charge in [-0.3, -0.25) is 24.5 Å². The molecule has 2 saturated heterocycles. The standard InChI is InChI=1S/C25H25N3O6/c29-22-9-8-20(24(31)26-22)28-13-19-18(25(28)32)2-1-3-21(19)34-14-17-6-4-16(5-7-17)12-27-10-11-33-15-23(27)30/h1-7,20H,8-15H2,(H,26,29,31)/i12D2,14D. The third-order valence-corrected chi connectivity index (χ3v) is 6.02. The minimum Gasteiger partial charge on any atom is -0.489 e. The van der Waals surface area contributed by atoms with Crippen LogP contribution in [0, 0.1) is 0 Å². The van der Waals surface area contributed by atoms with Gasteiger partial charge in [0.2, 0.25) is 17.7 Å². The summed E-state index contributed by atoms with van der Waals surface area (Å²) in [4.78, 5) is 51.5. The lowest BCUT2D eigenvalue weighted by molar-refractivity contribution is -0.143. The second-order valence-corrected chi connectivity index (χ2v) is 8.25. The van der Waals surface area contributed by atoms with Crippen molar-refractivity contribution in [3.63, 3.8) is 0 Å². The molecule has 2 fully saturated rings. The van der Waals surface area contributed by atoms with E-state index in [0.29, 0.717) is 22.4 Å². The molecule has 2 unspecified atom stereocenters. The van der Waals surface area contributed by atoms with Gasteiger partial charge < -0.3 is 19.3 Å². The van der Waals surface area contributed by atoms with Crippen LogP contribution in [0.1, 0.15) is 44.0 Å². The third kappa shape index (κ3) is 4.38. The average Bonchev–Trinajstić information content (AvgIpc) is 3.21. The van der Waals surface area contributed by atoms with Crippen LogP contribution in [0.5, 0.6) is 5.75 Å². The number of hydrogen-bond acceptors (Lipinski definition) is 6. The zero-order chi connectivity index (χ0) is 26.3. The Kier molecular flexibility index (Phi) is 5.09. The molecule has 0 aromatic heterocycles. The minimum atomic E-state index is -2.03. The number of amides is 4. The summed E-state index contributed by atoms with van der Waals surface area (Å²) in [5.41, 5.74) is 1.67. The second kappa shape index (κ2) is 9.26. The van der Waals surface area contributed by atoms with Crippen LogP contribution in [0.4, 0.5) is 0 Å². The van der Waals surface area contributed by atoms with Gasteiger partial charge in [0.05, 0.1) is 17.3 Å². The smallest absolute Gasteiger partial charge is 0.255 e. The highest BCUT2D eigenvalue weighted by atomic mass is 16.5. The summed E-state index contributed by atoms with van der Waals surface area (Å²) in [6, 6.07) is 10.4. The van der Waals surface area contributed by atoms with Crippen LogP contribution >= 0.6 is 0 Å². The summed E-state index contributed by atoms with van der Waals surface area (Å²) in [5.74, 6) is -1.29. The second-order valence-electron chi connectivity index (χ2n) is 8.25. The first-order valence-corrected chi connectivity index (χ1v) is 11.0. The summed E-state index contributed by atoms with van der Waals surface area (Å²) in [7, 11) is 0. The van der Waals surface area contributed by atoms with E-state index in [1.807, 2.05) is 0 Å². The molecule has 2 aromatic rings. The van der Waals surface area contributed by atoms with Gasteiger partial charge >= 0.3 is 0 Å². The fraction of sp³-hybridized carbons (Fsp3) is 0.360. The lowest BCUT2D eigenvalue weighted by atomic mass is 10.0. The Morgan fingerprint density at radius 2 is 1.88 bits per heavy atom. The summed E-state index contributed by atoms with van der Waals surface area (Å²) in [5, 5.41) is 2.27. The van der Waals surface area contributed by atoms with Gasteiger partial charge in [0.15, 0.2) is 0 Å². The first-order chi connectivity index (χ1) is 17.7. The zero-order valence-corrected chi connectivity index (χ0v) is 18.3. The molecule has 34 heavy (non-hydrogen) atoms. The lowest BCUT2D eigenvalue weighted by Crippen LogP contribution is -2.52. The molecule has 2 aromatic carbocycles. The number of piperidine rings is 1. The van der Waals surface area contributed by atoms with Crippen molar-refractivity contribution in [3.05, 3.63) is 64.7 Å². The molecule has 5 rings (SSSR count). The number of nitrogens with one attached hydrogen (secondary N) is 1. The fourth-order valence-electron chi connectivity index (χ4n) is 4.23. The summed E-state index contributed by atoms with van der Waals surface area (Å²) < 4.78 is 36.4. The van der Waals surface area contributed by atoms with E-state index < -0.39 is 30.9 Å². The van der Waals surface area contributed by atoms with E-state index in [4.69, 9.17) is 13.6 Å². The Bertz CT molecular complexity index is 1270. The van der Waals surface area contributed by atoms with Crippen molar-refractivity contribution in [2.24, 2.45) is 0 Å². The van der Waals surface area contributed by atoms with Gasteiger partial charge in [-0.1, -0.05) is 30.3 Å².